The Labute approximate surface area is 96.6 Å². The van der Waals surface area contributed by atoms with Gasteiger partial charge in [-0.2, -0.15) is 0 Å². The first-order valence-electron chi connectivity index (χ1n) is 5.71. The largest absolute Gasteiger partial charge is 0.396 e. The molecule has 1 aromatic heterocycles. The van der Waals surface area contributed by atoms with Crippen LogP contribution in [0.15, 0.2) is 24.4 Å². The number of aromatic nitrogens is 1. The van der Waals surface area contributed by atoms with Crippen LogP contribution in [0, 0.1) is 0 Å². The van der Waals surface area contributed by atoms with Gasteiger partial charge in [-0.1, -0.05) is 6.07 Å². The predicted octanol–water partition coefficient (Wildman–Crippen LogP) is 0.301. The summed E-state index contributed by atoms with van der Waals surface area (Å²) in [7, 11) is 0. The topological polar surface area (TPSA) is 56.6 Å². The maximum atomic E-state index is 8.91. The quantitative estimate of drug-likeness (QED) is 0.667. The summed E-state index contributed by atoms with van der Waals surface area (Å²) < 4.78 is 0. The molecule has 0 aromatic carbocycles. The highest BCUT2D eigenvalue weighted by Crippen LogP contribution is 1.98. The molecule has 0 fully saturated rings. The van der Waals surface area contributed by atoms with E-state index in [9.17, 15) is 0 Å². The predicted molar refractivity (Wildman–Crippen MR) is 63.2 cm³/mol. The van der Waals surface area contributed by atoms with E-state index in [4.69, 9.17) is 10.2 Å². The molecule has 0 aliphatic rings. The Balaban J connectivity index is 2.31. The van der Waals surface area contributed by atoms with E-state index in [1.165, 1.54) is 0 Å². The molecule has 2 N–H and O–H groups in total. The van der Waals surface area contributed by atoms with E-state index < -0.39 is 0 Å². The molecule has 4 nitrogen and oxygen atoms in total. The van der Waals surface area contributed by atoms with Crippen molar-refractivity contribution in [2.24, 2.45) is 0 Å². The number of hydrogen-bond acceptors (Lipinski definition) is 4. The van der Waals surface area contributed by atoms with Crippen molar-refractivity contribution in [2.45, 2.75) is 12.8 Å². The smallest absolute Gasteiger partial charge is 0.0558 e. The third-order valence-corrected chi connectivity index (χ3v) is 2.46. The van der Waals surface area contributed by atoms with Gasteiger partial charge in [-0.3, -0.25) is 4.98 Å². The molecule has 0 spiro atoms. The van der Waals surface area contributed by atoms with Crippen LogP contribution in [-0.4, -0.2) is 52.9 Å². The Morgan fingerprint density at radius 2 is 1.94 bits per heavy atom. The van der Waals surface area contributed by atoms with Gasteiger partial charge >= 0.3 is 0 Å². The molecule has 0 bridgehead atoms. The summed E-state index contributed by atoms with van der Waals surface area (Å²) in [5.74, 6) is 0. The number of nitrogens with zero attached hydrogens (tertiary/aromatic N) is 2. The zero-order valence-corrected chi connectivity index (χ0v) is 9.55. The second kappa shape index (κ2) is 8.21. The Morgan fingerprint density at radius 1 is 1.06 bits per heavy atom. The minimum atomic E-state index is 0.160. The lowest BCUT2D eigenvalue weighted by Gasteiger charge is -2.20. The van der Waals surface area contributed by atoms with Gasteiger partial charge < -0.3 is 15.1 Å². The van der Waals surface area contributed by atoms with Gasteiger partial charge in [0, 0.05) is 44.6 Å². The monoisotopic (exact) mass is 224 g/mol. The van der Waals surface area contributed by atoms with Gasteiger partial charge in [-0.25, -0.2) is 0 Å². The van der Waals surface area contributed by atoms with E-state index in [2.05, 4.69) is 9.88 Å². The van der Waals surface area contributed by atoms with Gasteiger partial charge in [0.2, 0.25) is 0 Å². The van der Waals surface area contributed by atoms with Crippen molar-refractivity contribution >= 4 is 0 Å². The molecule has 1 aromatic rings. The molecule has 0 aliphatic carbocycles. The molecular formula is C12H20N2O2. The summed E-state index contributed by atoms with van der Waals surface area (Å²) in [6.07, 6.45) is 3.42. The highest BCUT2D eigenvalue weighted by Gasteiger charge is 2.04. The summed E-state index contributed by atoms with van der Waals surface area (Å²) in [6, 6.07) is 5.89. The molecule has 0 amide bonds. The lowest BCUT2D eigenvalue weighted by molar-refractivity contribution is 0.180. The van der Waals surface area contributed by atoms with E-state index >= 15 is 0 Å². The Hall–Kier alpha value is -0.970. The van der Waals surface area contributed by atoms with Gasteiger partial charge in [-0.05, 0) is 18.6 Å². The van der Waals surface area contributed by atoms with Gasteiger partial charge in [0.1, 0.15) is 0 Å². The highest BCUT2D eigenvalue weighted by molar-refractivity contribution is 5.03. The second-order valence-corrected chi connectivity index (χ2v) is 3.71. The van der Waals surface area contributed by atoms with Crippen LogP contribution in [0.1, 0.15) is 12.1 Å². The van der Waals surface area contributed by atoms with Gasteiger partial charge in [0.05, 0.1) is 6.61 Å². The van der Waals surface area contributed by atoms with E-state index in [0.29, 0.717) is 6.54 Å². The van der Waals surface area contributed by atoms with Crippen molar-refractivity contribution in [1.82, 2.24) is 9.88 Å². The van der Waals surface area contributed by atoms with E-state index in [0.717, 1.165) is 31.6 Å². The molecule has 1 heterocycles. The van der Waals surface area contributed by atoms with Crippen LogP contribution in [0.3, 0.4) is 0 Å². The lowest BCUT2D eigenvalue weighted by atomic mass is 10.2. The third-order valence-electron chi connectivity index (χ3n) is 2.46. The Morgan fingerprint density at radius 3 is 2.56 bits per heavy atom. The molecule has 4 heteroatoms. The summed E-state index contributed by atoms with van der Waals surface area (Å²) in [5.41, 5.74) is 1.06. The van der Waals surface area contributed by atoms with Crippen LogP contribution in [-0.2, 0) is 6.42 Å². The molecule has 0 atom stereocenters. The number of pyridine rings is 1. The number of rotatable bonds is 8. The third kappa shape index (κ3) is 5.21. The molecule has 0 saturated heterocycles. The SMILES string of the molecule is OCCCN(CCO)CCc1ccccn1. The maximum Gasteiger partial charge on any atom is 0.0558 e. The van der Waals surface area contributed by atoms with Crippen molar-refractivity contribution < 1.29 is 10.2 Å². The minimum Gasteiger partial charge on any atom is -0.396 e. The van der Waals surface area contributed by atoms with Gasteiger partial charge in [0.15, 0.2) is 0 Å². The average molecular weight is 224 g/mol. The number of aliphatic hydroxyl groups is 2. The van der Waals surface area contributed by atoms with Crippen molar-refractivity contribution in [3.63, 3.8) is 0 Å². The van der Waals surface area contributed by atoms with Crippen LogP contribution in [0.4, 0.5) is 0 Å². The Bertz CT molecular complexity index is 267. The molecule has 0 unspecified atom stereocenters. The van der Waals surface area contributed by atoms with Crippen molar-refractivity contribution in [2.75, 3.05) is 32.8 Å². The van der Waals surface area contributed by atoms with Crippen molar-refractivity contribution in [3.05, 3.63) is 30.1 Å². The highest BCUT2D eigenvalue weighted by atomic mass is 16.3. The fourth-order valence-corrected chi connectivity index (χ4v) is 1.59. The zero-order valence-electron chi connectivity index (χ0n) is 9.55. The summed E-state index contributed by atoms with van der Waals surface area (Å²) >= 11 is 0. The molecule has 1 rings (SSSR count). The zero-order chi connectivity index (χ0) is 11.6. The van der Waals surface area contributed by atoms with Crippen LogP contribution in [0.5, 0.6) is 0 Å². The Kier molecular flexibility index (Phi) is 6.72. The summed E-state index contributed by atoms with van der Waals surface area (Å²) in [5, 5.41) is 17.7. The van der Waals surface area contributed by atoms with Crippen LogP contribution < -0.4 is 0 Å². The first-order valence-corrected chi connectivity index (χ1v) is 5.71. The molecule has 0 radical (unpaired) electrons. The fraction of sp³-hybridized carbons (Fsp3) is 0.583. The molecule has 90 valence electrons. The van der Waals surface area contributed by atoms with Crippen molar-refractivity contribution in [1.29, 1.82) is 0 Å². The summed E-state index contributed by atoms with van der Waals surface area (Å²) in [6.45, 7) is 2.72. The first kappa shape index (κ1) is 13.1. The fourth-order valence-electron chi connectivity index (χ4n) is 1.59. The molecule has 0 saturated carbocycles. The van der Waals surface area contributed by atoms with Crippen LogP contribution in [0.25, 0.3) is 0 Å². The van der Waals surface area contributed by atoms with Crippen LogP contribution in [0.2, 0.25) is 0 Å². The first-order chi connectivity index (χ1) is 7.86. The minimum absolute atomic E-state index is 0.160. The molecule has 16 heavy (non-hydrogen) atoms. The van der Waals surface area contributed by atoms with Gasteiger partial charge in [-0.15, -0.1) is 0 Å². The lowest BCUT2D eigenvalue weighted by Crippen LogP contribution is -2.30. The normalized spacial score (nSPS) is 10.9. The maximum absolute atomic E-state index is 8.91. The number of hydrogen-bond donors (Lipinski definition) is 2. The van der Waals surface area contributed by atoms with E-state index in [1.807, 2.05) is 18.2 Å². The van der Waals surface area contributed by atoms with Crippen molar-refractivity contribution in [3.8, 4) is 0 Å². The van der Waals surface area contributed by atoms with E-state index in [-0.39, 0.29) is 13.2 Å². The average Bonchev–Trinajstić information content (AvgIpc) is 2.34. The molecular weight excluding hydrogens is 204 g/mol. The van der Waals surface area contributed by atoms with Gasteiger partial charge in [0.25, 0.3) is 0 Å². The van der Waals surface area contributed by atoms with Crippen LogP contribution >= 0.6 is 0 Å². The standard InChI is InChI=1S/C12H20N2O2/c15-10-3-7-14(9-11-16)8-5-12-4-1-2-6-13-12/h1-2,4,6,15-16H,3,5,7-11H2. The van der Waals surface area contributed by atoms with E-state index in [1.54, 1.807) is 6.20 Å². The second-order valence-electron chi connectivity index (χ2n) is 3.71. The summed E-state index contributed by atoms with van der Waals surface area (Å²) in [4.78, 5) is 6.40. The molecule has 0 aliphatic heterocycles. The number of aliphatic hydroxyl groups excluding tert-OH is 2.